The van der Waals surface area contributed by atoms with Crippen molar-refractivity contribution >= 4 is 23.8 Å². The molecule has 0 unspecified atom stereocenters. The summed E-state index contributed by atoms with van der Waals surface area (Å²) in [7, 11) is 0. The molecule has 1 aromatic heterocycles. The Bertz CT molecular complexity index is 703. The normalized spacial score (nSPS) is 12.1. The Balaban J connectivity index is 2.74. The number of nitrogens with zero attached hydrogens (tertiary/aromatic N) is 1. The first kappa shape index (κ1) is 22.6. The van der Waals surface area contributed by atoms with Crippen molar-refractivity contribution in [3.05, 3.63) is 54.9 Å². The van der Waals surface area contributed by atoms with Gasteiger partial charge in [0.15, 0.2) is 12.2 Å². The topological polar surface area (TPSA) is 124 Å². The highest BCUT2D eigenvalue weighted by Gasteiger charge is 2.22. The van der Waals surface area contributed by atoms with Gasteiger partial charge in [-0.25, -0.2) is 14.6 Å². The third-order valence-electron chi connectivity index (χ3n) is 3.31. The van der Waals surface area contributed by atoms with Gasteiger partial charge in [0.05, 0.1) is 0 Å². The Morgan fingerprint density at radius 3 is 1.68 bits per heavy atom. The molecule has 0 aromatic carbocycles. The Morgan fingerprint density at radius 1 is 0.929 bits per heavy atom. The lowest BCUT2D eigenvalue weighted by Crippen LogP contribution is -2.36. The highest BCUT2D eigenvalue weighted by Crippen LogP contribution is 2.07. The van der Waals surface area contributed by atoms with Gasteiger partial charge < -0.3 is 20.1 Å². The van der Waals surface area contributed by atoms with Gasteiger partial charge in [-0.15, -0.1) is 13.2 Å². The Morgan fingerprint density at radius 2 is 1.32 bits per heavy atom. The van der Waals surface area contributed by atoms with Gasteiger partial charge >= 0.3 is 11.9 Å². The number of pyridine rings is 1. The maximum absolute atomic E-state index is 12.1. The molecule has 9 nitrogen and oxygen atoms in total. The molecule has 0 spiro atoms. The molecule has 1 aromatic rings. The number of carbonyl (C=O) groups excluding carboxylic acids is 4. The third kappa shape index (κ3) is 7.02. The van der Waals surface area contributed by atoms with Crippen LogP contribution < -0.4 is 10.6 Å². The smallest absolute Gasteiger partial charge is 0.357 e. The van der Waals surface area contributed by atoms with Crippen LogP contribution in [-0.4, -0.2) is 54.0 Å². The van der Waals surface area contributed by atoms with E-state index >= 15 is 0 Å². The molecule has 2 amide bonds. The molecule has 150 valence electrons. The van der Waals surface area contributed by atoms with E-state index in [1.807, 2.05) is 0 Å². The molecule has 0 bridgehead atoms. The fraction of sp³-hybridized carbons (Fsp3) is 0.316. The summed E-state index contributed by atoms with van der Waals surface area (Å²) >= 11 is 0. The van der Waals surface area contributed by atoms with Crippen LogP contribution in [0, 0.1) is 0 Å². The average molecular weight is 389 g/mol. The summed E-state index contributed by atoms with van der Waals surface area (Å²) in [6.45, 7) is 10.2. The number of ether oxygens (including phenoxy) is 2. The number of esters is 2. The standard InChI is InChI=1S/C19H23N3O6/c1-5-10-20-16(23)12(3)27-18(25)14-8-7-9-15(22-14)19(26)28-13(4)17(24)21-11-6-2/h5-9,12-13H,1-2,10-11H2,3-4H3,(H,20,23)(H,21,24)/t12-,13-/m0/s1. The molecule has 28 heavy (non-hydrogen) atoms. The zero-order valence-corrected chi connectivity index (χ0v) is 15.8. The monoisotopic (exact) mass is 389 g/mol. The van der Waals surface area contributed by atoms with Crippen molar-refractivity contribution in [1.82, 2.24) is 15.6 Å². The van der Waals surface area contributed by atoms with E-state index in [9.17, 15) is 19.2 Å². The summed E-state index contributed by atoms with van der Waals surface area (Å²) in [5, 5.41) is 4.98. The molecule has 0 aliphatic rings. The zero-order valence-electron chi connectivity index (χ0n) is 15.8. The van der Waals surface area contributed by atoms with Crippen LogP contribution in [0.5, 0.6) is 0 Å². The molecule has 1 heterocycles. The van der Waals surface area contributed by atoms with Crippen LogP contribution in [0.4, 0.5) is 0 Å². The van der Waals surface area contributed by atoms with Gasteiger partial charge in [0.25, 0.3) is 11.8 Å². The molecule has 1 rings (SSSR count). The Kier molecular flexibility index (Phi) is 9.08. The minimum Gasteiger partial charge on any atom is -0.448 e. The molecule has 2 N–H and O–H groups in total. The van der Waals surface area contributed by atoms with Crippen molar-refractivity contribution < 1.29 is 28.7 Å². The van der Waals surface area contributed by atoms with E-state index in [-0.39, 0.29) is 24.5 Å². The Hall–Kier alpha value is -3.49. The van der Waals surface area contributed by atoms with E-state index in [4.69, 9.17) is 9.47 Å². The van der Waals surface area contributed by atoms with E-state index in [0.717, 1.165) is 0 Å². The second-order valence-corrected chi connectivity index (χ2v) is 5.57. The van der Waals surface area contributed by atoms with Crippen molar-refractivity contribution in [2.45, 2.75) is 26.1 Å². The number of aromatic nitrogens is 1. The van der Waals surface area contributed by atoms with Crippen molar-refractivity contribution in [3.63, 3.8) is 0 Å². The molecule has 0 saturated heterocycles. The molecule has 9 heteroatoms. The lowest BCUT2D eigenvalue weighted by molar-refractivity contribution is -0.129. The van der Waals surface area contributed by atoms with Gasteiger partial charge in [0.2, 0.25) is 0 Å². The lowest BCUT2D eigenvalue weighted by Gasteiger charge is -2.14. The van der Waals surface area contributed by atoms with Crippen molar-refractivity contribution in [3.8, 4) is 0 Å². The van der Waals surface area contributed by atoms with Crippen LogP contribution in [0.1, 0.15) is 34.8 Å². The number of hydrogen-bond acceptors (Lipinski definition) is 7. The minimum absolute atomic E-state index is 0.179. The molecule has 0 radical (unpaired) electrons. The fourth-order valence-corrected chi connectivity index (χ4v) is 1.84. The van der Waals surface area contributed by atoms with E-state index < -0.39 is 36.0 Å². The molecular weight excluding hydrogens is 366 g/mol. The number of hydrogen-bond donors (Lipinski definition) is 2. The fourth-order valence-electron chi connectivity index (χ4n) is 1.84. The van der Waals surface area contributed by atoms with E-state index in [2.05, 4.69) is 28.8 Å². The van der Waals surface area contributed by atoms with Crippen LogP contribution in [0.2, 0.25) is 0 Å². The zero-order chi connectivity index (χ0) is 21.1. The van der Waals surface area contributed by atoms with Gasteiger partial charge in [-0.2, -0.15) is 0 Å². The van der Waals surface area contributed by atoms with Crippen LogP contribution >= 0.6 is 0 Å². The van der Waals surface area contributed by atoms with Gasteiger partial charge in [0, 0.05) is 13.1 Å². The summed E-state index contributed by atoms with van der Waals surface area (Å²) in [4.78, 5) is 51.6. The summed E-state index contributed by atoms with van der Waals surface area (Å²) in [5.74, 6) is -2.76. The first-order valence-electron chi connectivity index (χ1n) is 8.46. The van der Waals surface area contributed by atoms with Crippen LogP contribution in [0.3, 0.4) is 0 Å². The predicted molar refractivity (Wildman–Crippen MR) is 100 cm³/mol. The van der Waals surface area contributed by atoms with Gasteiger partial charge in [-0.3, -0.25) is 9.59 Å². The van der Waals surface area contributed by atoms with Crippen LogP contribution in [0.25, 0.3) is 0 Å². The first-order chi connectivity index (χ1) is 13.3. The van der Waals surface area contributed by atoms with Crippen LogP contribution in [0.15, 0.2) is 43.5 Å². The maximum atomic E-state index is 12.1. The lowest BCUT2D eigenvalue weighted by atomic mass is 10.3. The quantitative estimate of drug-likeness (QED) is 0.447. The molecule has 0 fully saturated rings. The molecule has 0 aliphatic heterocycles. The second kappa shape index (κ2) is 11.3. The minimum atomic E-state index is -1.06. The van der Waals surface area contributed by atoms with Crippen molar-refractivity contribution in [1.29, 1.82) is 0 Å². The number of rotatable bonds is 10. The largest absolute Gasteiger partial charge is 0.448 e. The number of amides is 2. The van der Waals surface area contributed by atoms with E-state index in [0.29, 0.717) is 0 Å². The van der Waals surface area contributed by atoms with Gasteiger partial charge in [-0.05, 0) is 26.0 Å². The van der Waals surface area contributed by atoms with E-state index in [1.165, 1.54) is 44.2 Å². The van der Waals surface area contributed by atoms with Crippen molar-refractivity contribution in [2.24, 2.45) is 0 Å². The SMILES string of the molecule is C=CCNC(=O)[C@H](C)OC(=O)c1cccc(C(=O)O[C@@H](C)C(=O)NCC=C)n1. The maximum Gasteiger partial charge on any atom is 0.357 e. The predicted octanol–water partition coefficient (Wildman–Crippen LogP) is 0.777. The summed E-state index contributed by atoms with van der Waals surface area (Å²) < 4.78 is 10.0. The molecule has 0 saturated carbocycles. The second-order valence-electron chi connectivity index (χ2n) is 5.57. The molecular formula is C19H23N3O6. The average Bonchev–Trinajstić information content (AvgIpc) is 2.69. The van der Waals surface area contributed by atoms with Crippen molar-refractivity contribution in [2.75, 3.05) is 13.1 Å². The number of nitrogens with one attached hydrogen (secondary N) is 2. The summed E-state index contributed by atoms with van der Waals surface area (Å²) in [6, 6.07) is 4.06. The highest BCUT2D eigenvalue weighted by atomic mass is 16.6. The summed E-state index contributed by atoms with van der Waals surface area (Å²) in [6.07, 6.45) is 0.862. The highest BCUT2D eigenvalue weighted by molar-refractivity contribution is 5.94. The van der Waals surface area contributed by atoms with Gasteiger partial charge in [-0.1, -0.05) is 18.2 Å². The molecule has 2 atom stereocenters. The van der Waals surface area contributed by atoms with Crippen LogP contribution in [-0.2, 0) is 19.1 Å². The summed E-state index contributed by atoms with van der Waals surface area (Å²) in [5.41, 5.74) is -0.358. The Labute approximate surface area is 162 Å². The van der Waals surface area contributed by atoms with Gasteiger partial charge in [0.1, 0.15) is 11.4 Å². The third-order valence-corrected chi connectivity index (χ3v) is 3.31. The van der Waals surface area contributed by atoms with E-state index in [1.54, 1.807) is 0 Å². The molecule has 0 aliphatic carbocycles. The first-order valence-corrected chi connectivity index (χ1v) is 8.46. The number of carbonyl (C=O) groups is 4.